The third kappa shape index (κ3) is 3.92. The average molecular weight is 268 g/mol. The van der Waals surface area contributed by atoms with Gasteiger partial charge in [0.25, 0.3) is 0 Å². The van der Waals surface area contributed by atoms with Crippen molar-refractivity contribution in [3.05, 3.63) is 54.1 Å². The zero-order valence-electron chi connectivity index (χ0n) is 11.3. The molecule has 0 aliphatic carbocycles. The lowest BCUT2D eigenvalue weighted by Crippen LogP contribution is -2.00. The molecule has 0 amide bonds. The minimum Gasteiger partial charge on any atom is -0.497 e. The first-order chi connectivity index (χ1) is 9.81. The van der Waals surface area contributed by atoms with Gasteiger partial charge in [0.05, 0.1) is 7.11 Å². The van der Waals surface area contributed by atoms with Crippen LogP contribution in [0.25, 0.3) is 0 Å². The van der Waals surface area contributed by atoms with Crippen LogP contribution in [0.1, 0.15) is 5.56 Å². The lowest BCUT2D eigenvalue weighted by atomic mass is 10.2. The smallest absolute Gasteiger partial charge is 0.174 e. The quantitative estimate of drug-likeness (QED) is 0.874. The van der Waals surface area contributed by atoms with Crippen LogP contribution in [-0.2, 0) is 6.54 Å². The van der Waals surface area contributed by atoms with Crippen LogP contribution in [0.3, 0.4) is 0 Å². The molecule has 2 rings (SSSR count). The van der Waals surface area contributed by atoms with Gasteiger partial charge >= 0.3 is 0 Å². The first-order valence-electron chi connectivity index (χ1n) is 6.28. The summed E-state index contributed by atoms with van der Waals surface area (Å²) in [7, 11) is 1.65. The lowest BCUT2D eigenvalue weighted by molar-refractivity contribution is 0.368. The molecule has 0 spiro atoms. The van der Waals surface area contributed by atoms with Crippen LogP contribution in [0.2, 0.25) is 0 Å². The van der Waals surface area contributed by atoms with Crippen molar-refractivity contribution in [3.63, 3.8) is 0 Å². The van der Waals surface area contributed by atoms with E-state index in [4.69, 9.17) is 14.7 Å². The van der Waals surface area contributed by atoms with Crippen molar-refractivity contribution in [1.82, 2.24) is 0 Å². The molecular formula is C16H16N2O2. The zero-order valence-corrected chi connectivity index (χ0v) is 11.3. The molecule has 2 aromatic rings. The van der Waals surface area contributed by atoms with Gasteiger partial charge in [-0.15, -0.1) is 0 Å². The molecular weight excluding hydrogens is 252 g/mol. The minimum atomic E-state index is 0.0648. The Morgan fingerprint density at radius 1 is 1.10 bits per heavy atom. The van der Waals surface area contributed by atoms with Crippen molar-refractivity contribution in [2.24, 2.45) is 0 Å². The normalized spacial score (nSPS) is 9.60. The van der Waals surface area contributed by atoms with E-state index in [9.17, 15) is 0 Å². The molecule has 0 unspecified atom stereocenters. The van der Waals surface area contributed by atoms with E-state index in [1.165, 1.54) is 0 Å². The predicted molar refractivity (Wildman–Crippen MR) is 77.9 cm³/mol. The van der Waals surface area contributed by atoms with Crippen LogP contribution < -0.4 is 14.8 Å². The molecule has 1 N–H and O–H groups in total. The van der Waals surface area contributed by atoms with Gasteiger partial charge in [0.1, 0.15) is 17.6 Å². The summed E-state index contributed by atoms with van der Waals surface area (Å²) in [6.45, 7) is 0.755. The molecule has 0 aliphatic heterocycles. The van der Waals surface area contributed by atoms with Gasteiger partial charge in [-0.05, 0) is 42.0 Å². The molecule has 102 valence electrons. The summed E-state index contributed by atoms with van der Waals surface area (Å²) in [5.74, 6) is 1.54. The summed E-state index contributed by atoms with van der Waals surface area (Å²) >= 11 is 0. The van der Waals surface area contributed by atoms with Crippen molar-refractivity contribution in [2.75, 3.05) is 19.0 Å². The summed E-state index contributed by atoms with van der Waals surface area (Å²) in [6, 6.07) is 17.4. The predicted octanol–water partition coefficient (Wildman–Crippen LogP) is 3.21. The monoisotopic (exact) mass is 268 g/mol. The number of nitriles is 1. The number of hydrogen-bond acceptors (Lipinski definition) is 4. The number of nitrogens with one attached hydrogen (secondary N) is 1. The van der Waals surface area contributed by atoms with Crippen LogP contribution in [0.5, 0.6) is 11.5 Å². The van der Waals surface area contributed by atoms with Crippen LogP contribution in [0.4, 0.5) is 5.69 Å². The molecule has 0 saturated carbocycles. The van der Waals surface area contributed by atoms with Crippen LogP contribution in [0, 0.1) is 11.3 Å². The van der Waals surface area contributed by atoms with Crippen molar-refractivity contribution in [2.45, 2.75) is 6.54 Å². The van der Waals surface area contributed by atoms with Crippen molar-refractivity contribution >= 4 is 5.69 Å². The molecule has 0 saturated heterocycles. The molecule has 0 atom stereocenters. The van der Waals surface area contributed by atoms with Crippen LogP contribution >= 0.6 is 0 Å². The molecule has 0 bridgehead atoms. The van der Waals surface area contributed by atoms with E-state index in [0.717, 1.165) is 17.0 Å². The van der Waals surface area contributed by atoms with Gasteiger partial charge in [-0.1, -0.05) is 12.1 Å². The van der Waals surface area contributed by atoms with E-state index in [1.54, 1.807) is 7.11 Å². The largest absolute Gasteiger partial charge is 0.497 e. The zero-order chi connectivity index (χ0) is 14.2. The van der Waals surface area contributed by atoms with E-state index in [1.807, 2.05) is 54.6 Å². The second-order valence-corrected chi connectivity index (χ2v) is 4.18. The fourth-order valence-corrected chi connectivity index (χ4v) is 1.77. The Morgan fingerprint density at radius 2 is 1.90 bits per heavy atom. The number of ether oxygens (including phenoxy) is 2. The number of methoxy groups -OCH3 is 1. The number of nitrogens with zero attached hydrogens (tertiary/aromatic N) is 1. The van der Waals surface area contributed by atoms with Gasteiger partial charge in [0.15, 0.2) is 6.61 Å². The van der Waals surface area contributed by atoms with E-state index >= 15 is 0 Å². The highest BCUT2D eigenvalue weighted by Crippen LogP contribution is 2.17. The summed E-state index contributed by atoms with van der Waals surface area (Å²) in [5, 5.41) is 11.8. The van der Waals surface area contributed by atoms with E-state index in [0.29, 0.717) is 12.3 Å². The fraction of sp³-hybridized carbons (Fsp3) is 0.188. The number of anilines is 1. The number of hydrogen-bond donors (Lipinski definition) is 1. The maximum absolute atomic E-state index is 8.49. The topological polar surface area (TPSA) is 54.3 Å². The van der Waals surface area contributed by atoms with Gasteiger partial charge in [0, 0.05) is 12.2 Å². The van der Waals surface area contributed by atoms with Gasteiger partial charge in [0.2, 0.25) is 0 Å². The van der Waals surface area contributed by atoms with E-state index < -0.39 is 0 Å². The maximum Gasteiger partial charge on any atom is 0.174 e. The molecule has 2 aromatic carbocycles. The average Bonchev–Trinajstić information content (AvgIpc) is 2.52. The molecule has 4 heteroatoms. The number of rotatable bonds is 6. The van der Waals surface area contributed by atoms with Crippen LogP contribution in [0.15, 0.2) is 48.5 Å². The fourth-order valence-electron chi connectivity index (χ4n) is 1.77. The molecule has 0 fully saturated rings. The van der Waals surface area contributed by atoms with Crippen LogP contribution in [-0.4, -0.2) is 13.7 Å². The third-order valence-corrected chi connectivity index (χ3v) is 2.79. The van der Waals surface area contributed by atoms with Crippen molar-refractivity contribution in [1.29, 1.82) is 5.26 Å². The van der Waals surface area contributed by atoms with Crippen molar-refractivity contribution < 1.29 is 9.47 Å². The minimum absolute atomic E-state index is 0.0648. The SMILES string of the molecule is COc1ccc(NCc2cccc(OCC#N)c2)cc1. The molecule has 0 radical (unpaired) electrons. The summed E-state index contributed by atoms with van der Waals surface area (Å²) in [4.78, 5) is 0. The van der Waals surface area contributed by atoms with E-state index in [2.05, 4.69) is 5.32 Å². The summed E-state index contributed by atoms with van der Waals surface area (Å²) < 4.78 is 10.4. The van der Waals surface area contributed by atoms with Gasteiger partial charge in [-0.2, -0.15) is 5.26 Å². The Bertz CT molecular complexity index is 588. The van der Waals surface area contributed by atoms with Gasteiger partial charge in [-0.3, -0.25) is 0 Å². The van der Waals surface area contributed by atoms with E-state index in [-0.39, 0.29) is 6.61 Å². The third-order valence-electron chi connectivity index (χ3n) is 2.79. The Morgan fingerprint density at radius 3 is 2.60 bits per heavy atom. The standard InChI is InChI=1S/C16H16N2O2/c1-19-15-7-5-14(6-8-15)18-12-13-3-2-4-16(11-13)20-10-9-17/h2-8,11,18H,10,12H2,1H3. The van der Waals surface area contributed by atoms with Crippen molar-refractivity contribution in [3.8, 4) is 17.6 Å². The highest BCUT2D eigenvalue weighted by atomic mass is 16.5. The second-order valence-electron chi connectivity index (χ2n) is 4.18. The first kappa shape index (κ1) is 13.8. The Balaban J connectivity index is 1.94. The molecule has 4 nitrogen and oxygen atoms in total. The van der Waals surface area contributed by atoms with Gasteiger partial charge in [-0.25, -0.2) is 0 Å². The lowest BCUT2D eigenvalue weighted by Gasteiger charge is -2.09. The molecule has 0 aliphatic rings. The Hall–Kier alpha value is -2.67. The summed E-state index contributed by atoms with van der Waals surface area (Å²) in [5.41, 5.74) is 2.12. The Labute approximate surface area is 118 Å². The molecule has 0 heterocycles. The highest BCUT2D eigenvalue weighted by Gasteiger charge is 1.98. The molecule has 20 heavy (non-hydrogen) atoms. The second kappa shape index (κ2) is 7.05. The van der Waals surface area contributed by atoms with Gasteiger partial charge < -0.3 is 14.8 Å². The highest BCUT2D eigenvalue weighted by molar-refractivity contribution is 5.47. The number of benzene rings is 2. The summed E-state index contributed by atoms with van der Waals surface area (Å²) in [6.07, 6.45) is 0. The first-order valence-corrected chi connectivity index (χ1v) is 6.28. The molecule has 0 aromatic heterocycles. The Kier molecular flexibility index (Phi) is 4.85. The maximum atomic E-state index is 8.49.